The van der Waals surface area contributed by atoms with Gasteiger partial charge >= 0.3 is 5.97 Å². The zero-order chi connectivity index (χ0) is 16.2. The van der Waals surface area contributed by atoms with Crippen LogP contribution < -0.4 is 0 Å². The van der Waals surface area contributed by atoms with Crippen molar-refractivity contribution >= 4 is 33.5 Å². The first-order valence-corrected chi connectivity index (χ1v) is 7.55. The van der Waals surface area contributed by atoms with Crippen molar-refractivity contribution < 1.29 is 13.9 Å². The van der Waals surface area contributed by atoms with E-state index < -0.39 is 5.97 Å². The fourth-order valence-corrected chi connectivity index (χ4v) is 2.50. The molecular weight excluding hydrogens is 360 g/mol. The molecule has 0 aliphatic carbocycles. The summed E-state index contributed by atoms with van der Waals surface area (Å²) in [6, 6.07) is 11.2. The number of rotatable bonds is 4. The number of pyridine rings is 1. The fraction of sp³-hybridized carbons (Fsp3) is 0.0588. The molecule has 0 aromatic carbocycles. The number of hydrogen-bond acceptors (Lipinski definition) is 4. The summed E-state index contributed by atoms with van der Waals surface area (Å²) < 4.78 is 12.9. The average molecular weight is 371 g/mol. The summed E-state index contributed by atoms with van der Waals surface area (Å²) in [5.41, 5.74) is 1.97. The van der Waals surface area contributed by atoms with Crippen molar-refractivity contribution in [3.05, 3.63) is 70.4 Å². The smallest absolute Gasteiger partial charge is 0.331 e. The van der Waals surface area contributed by atoms with E-state index in [0.29, 0.717) is 21.6 Å². The predicted octanol–water partition coefficient (Wildman–Crippen LogP) is 3.92. The van der Waals surface area contributed by atoms with Crippen LogP contribution in [0.25, 0.3) is 11.6 Å². The summed E-state index contributed by atoms with van der Waals surface area (Å²) in [4.78, 5) is 11.8. The van der Waals surface area contributed by atoms with Crippen LogP contribution in [0.1, 0.15) is 16.9 Å². The summed E-state index contributed by atoms with van der Waals surface area (Å²) in [7, 11) is 0. The van der Waals surface area contributed by atoms with Gasteiger partial charge in [-0.2, -0.15) is 5.26 Å². The Morgan fingerprint density at radius 2 is 2.26 bits per heavy atom. The fourth-order valence-electron chi connectivity index (χ4n) is 2.18. The maximum atomic E-state index is 11.8. The molecule has 0 amide bonds. The minimum atomic E-state index is -0.503. The van der Waals surface area contributed by atoms with Crippen LogP contribution in [-0.2, 0) is 16.1 Å². The first-order valence-electron chi connectivity index (χ1n) is 6.76. The molecule has 0 radical (unpaired) electrons. The number of esters is 1. The molecule has 5 nitrogen and oxygen atoms in total. The molecule has 0 spiro atoms. The molecule has 3 heterocycles. The molecule has 6 heteroatoms. The molecule has 0 N–H and O–H groups in total. The predicted molar refractivity (Wildman–Crippen MR) is 87.4 cm³/mol. The number of hydrogen-bond donors (Lipinski definition) is 0. The van der Waals surface area contributed by atoms with Crippen molar-refractivity contribution in [3.63, 3.8) is 0 Å². The van der Waals surface area contributed by atoms with Gasteiger partial charge in [-0.3, -0.25) is 0 Å². The van der Waals surface area contributed by atoms with E-state index in [2.05, 4.69) is 22.0 Å². The Morgan fingerprint density at radius 1 is 1.39 bits per heavy atom. The number of nitriles is 1. The van der Waals surface area contributed by atoms with Crippen LogP contribution in [0.4, 0.5) is 0 Å². The maximum Gasteiger partial charge on any atom is 0.331 e. The van der Waals surface area contributed by atoms with Crippen LogP contribution in [0.3, 0.4) is 0 Å². The molecule has 3 aromatic heterocycles. The van der Waals surface area contributed by atoms with Gasteiger partial charge in [-0.1, -0.05) is 6.07 Å². The molecule has 23 heavy (non-hydrogen) atoms. The van der Waals surface area contributed by atoms with E-state index in [0.717, 1.165) is 5.52 Å². The summed E-state index contributed by atoms with van der Waals surface area (Å²) >= 11 is 3.18. The highest BCUT2D eigenvalue weighted by atomic mass is 79.9. The van der Waals surface area contributed by atoms with E-state index >= 15 is 0 Å². The molecule has 0 saturated carbocycles. The van der Waals surface area contributed by atoms with Crippen molar-refractivity contribution in [2.75, 3.05) is 0 Å². The van der Waals surface area contributed by atoms with Crippen molar-refractivity contribution in [2.24, 2.45) is 0 Å². The number of carbonyl (C=O) groups is 1. The lowest BCUT2D eigenvalue weighted by Crippen LogP contribution is -2.01. The third-order valence-corrected chi connectivity index (χ3v) is 3.65. The van der Waals surface area contributed by atoms with E-state index in [-0.39, 0.29) is 6.61 Å². The zero-order valence-electron chi connectivity index (χ0n) is 11.9. The number of nitrogens with zero attached hydrogens (tertiary/aromatic N) is 2. The Kier molecular flexibility index (Phi) is 4.31. The van der Waals surface area contributed by atoms with Gasteiger partial charge in [-0.05, 0) is 46.3 Å². The van der Waals surface area contributed by atoms with Gasteiger partial charge in [-0.15, -0.1) is 0 Å². The average Bonchev–Trinajstić information content (AvgIpc) is 3.13. The zero-order valence-corrected chi connectivity index (χ0v) is 13.5. The van der Waals surface area contributed by atoms with Gasteiger partial charge < -0.3 is 13.6 Å². The number of carbonyl (C=O) groups excluding carboxylic acids is 1. The summed E-state index contributed by atoms with van der Waals surface area (Å²) in [5, 5.41) is 9.29. The van der Waals surface area contributed by atoms with Gasteiger partial charge in [0, 0.05) is 24.0 Å². The topological polar surface area (TPSA) is 67.6 Å². The van der Waals surface area contributed by atoms with Crippen molar-refractivity contribution in [1.82, 2.24) is 4.40 Å². The summed E-state index contributed by atoms with van der Waals surface area (Å²) in [5.74, 6) is 0.0396. The molecule has 3 rings (SSSR count). The van der Waals surface area contributed by atoms with Gasteiger partial charge in [0.2, 0.25) is 0 Å². The maximum absolute atomic E-state index is 11.8. The van der Waals surface area contributed by atoms with Crippen molar-refractivity contribution in [2.45, 2.75) is 6.61 Å². The van der Waals surface area contributed by atoms with Gasteiger partial charge in [0.05, 0.1) is 11.1 Å². The van der Waals surface area contributed by atoms with Gasteiger partial charge in [0.15, 0.2) is 4.67 Å². The number of halogens is 1. The lowest BCUT2D eigenvalue weighted by molar-refractivity contribution is -0.138. The van der Waals surface area contributed by atoms with Crippen LogP contribution in [-0.4, -0.2) is 10.4 Å². The van der Waals surface area contributed by atoms with Gasteiger partial charge in [0.1, 0.15) is 18.4 Å². The summed E-state index contributed by atoms with van der Waals surface area (Å²) in [6.07, 6.45) is 6.44. The Balaban J connectivity index is 1.70. The highest BCUT2D eigenvalue weighted by Crippen LogP contribution is 2.19. The SMILES string of the molecule is N#Cc1c(COC(=O)/C=C/c2ccc(Br)o2)cn2ccccc12. The van der Waals surface area contributed by atoms with Crippen molar-refractivity contribution in [1.29, 1.82) is 5.26 Å². The monoisotopic (exact) mass is 370 g/mol. The van der Waals surface area contributed by atoms with E-state index in [1.807, 2.05) is 28.8 Å². The van der Waals surface area contributed by atoms with Crippen LogP contribution >= 0.6 is 15.9 Å². The van der Waals surface area contributed by atoms with Gasteiger partial charge in [0.25, 0.3) is 0 Å². The Bertz CT molecular complexity index is 931. The molecule has 0 aliphatic heterocycles. The second-order valence-electron chi connectivity index (χ2n) is 4.72. The second kappa shape index (κ2) is 6.55. The number of furan rings is 1. The Hall–Kier alpha value is -2.78. The molecule has 0 aliphatic rings. The van der Waals surface area contributed by atoms with Crippen LogP contribution in [0, 0.1) is 11.3 Å². The van der Waals surface area contributed by atoms with Crippen LogP contribution in [0.5, 0.6) is 0 Å². The van der Waals surface area contributed by atoms with E-state index in [1.54, 1.807) is 18.3 Å². The Morgan fingerprint density at radius 3 is 3.00 bits per heavy atom. The third-order valence-electron chi connectivity index (χ3n) is 3.22. The largest absolute Gasteiger partial charge is 0.458 e. The minimum absolute atomic E-state index is 0.0373. The molecule has 0 bridgehead atoms. The van der Waals surface area contributed by atoms with Crippen LogP contribution in [0.2, 0.25) is 0 Å². The lowest BCUT2D eigenvalue weighted by atomic mass is 10.2. The normalized spacial score (nSPS) is 11.0. The molecule has 0 fully saturated rings. The third kappa shape index (κ3) is 3.35. The molecule has 0 saturated heterocycles. The molecule has 0 atom stereocenters. The van der Waals surface area contributed by atoms with Gasteiger partial charge in [-0.25, -0.2) is 4.79 Å². The molecule has 0 unspecified atom stereocenters. The van der Waals surface area contributed by atoms with E-state index in [9.17, 15) is 10.1 Å². The minimum Gasteiger partial charge on any atom is -0.458 e. The van der Waals surface area contributed by atoms with Crippen molar-refractivity contribution in [3.8, 4) is 6.07 Å². The molecule has 114 valence electrons. The molecular formula is C17H11BrN2O3. The summed E-state index contributed by atoms with van der Waals surface area (Å²) in [6.45, 7) is 0.0373. The first-order chi connectivity index (χ1) is 11.2. The highest BCUT2D eigenvalue weighted by Gasteiger charge is 2.11. The quantitative estimate of drug-likeness (QED) is 0.515. The molecule has 3 aromatic rings. The first kappa shape index (κ1) is 15.1. The van der Waals surface area contributed by atoms with E-state index in [1.165, 1.54) is 12.2 Å². The number of aromatic nitrogens is 1. The Labute approximate surface area is 140 Å². The highest BCUT2D eigenvalue weighted by molar-refractivity contribution is 9.10. The van der Waals surface area contributed by atoms with E-state index in [4.69, 9.17) is 9.15 Å². The number of ether oxygens (including phenoxy) is 1. The number of fused-ring (bicyclic) bond motifs is 1. The second-order valence-corrected chi connectivity index (χ2v) is 5.50. The standard InChI is InChI=1S/C17H11BrN2O3/c18-16-6-4-13(23-16)5-7-17(21)22-11-12-10-20-8-2-1-3-15(20)14(12)9-19/h1-8,10H,11H2/b7-5+. The lowest BCUT2D eigenvalue weighted by Gasteiger charge is -1.99. The van der Waals surface area contributed by atoms with Crippen LogP contribution in [0.15, 0.2) is 57.9 Å².